The second-order valence-electron chi connectivity index (χ2n) is 17.6. The zero-order chi connectivity index (χ0) is 33.8. The average Bonchev–Trinajstić information content (AvgIpc) is 2.98. The summed E-state index contributed by atoms with van der Waals surface area (Å²) in [5.74, 6) is -1.92. The van der Waals surface area contributed by atoms with E-state index in [2.05, 4.69) is 40.7 Å². The van der Waals surface area contributed by atoms with Gasteiger partial charge in [0.25, 0.3) is 0 Å². The predicted octanol–water partition coefficient (Wildman–Crippen LogP) is 4.33. The van der Waals surface area contributed by atoms with Gasteiger partial charge < -0.3 is 39.8 Å². The van der Waals surface area contributed by atoms with Crippen LogP contribution in [-0.2, 0) is 23.9 Å². The van der Waals surface area contributed by atoms with Crippen LogP contribution in [-0.4, -0.2) is 80.6 Å². The Morgan fingerprint density at radius 1 is 0.870 bits per heavy atom. The van der Waals surface area contributed by atoms with Crippen molar-refractivity contribution in [1.29, 1.82) is 0 Å². The van der Waals surface area contributed by atoms with E-state index in [4.69, 9.17) is 9.47 Å². The van der Waals surface area contributed by atoms with Gasteiger partial charge in [0.05, 0.1) is 16.9 Å². The number of aliphatic hydroxyl groups excluding tert-OH is 3. The summed E-state index contributed by atoms with van der Waals surface area (Å²) < 4.78 is 11.7. The number of carboxylic acids is 2. The summed E-state index contributed by atoms with van der Waals surface area (Å²) >= 11 is 0. The minimum atomic E-state index is -1.82. The zero-order valence-electron chi connectivity index (χ0n) is 28.2. The molecule has 5 aliphatic carbocycles. The number of aliphatic hydroxyl groups is 3. The molecule has 1 aliphatic heterocycles. The Balaban J connectivity index is 1.31. The monoisotopic (exact) mass is 646 g/mol. The Morgan fingerprint density at radius 3 is 2.17 bits per heavy atom. The molecule has 0 aromatic rings. The van der Waals surface area contributed by atoms with Gasteiger partial charge in [-0.1, -0.05) is 53.2 Å². The van der Waals surface area contributed by atoms with Crippen LogP contribution in [0.15, 0.2) is 11.6 Å². The van der Waals surface area contributed by atoms with Crippen LogP contribution >= 0.6 is 0 Å². The molecule has 4 saturated carbocycles. The van der Waals surface area contributed by atoms with Crippen molar-refractivity contribution in [2.24, 2.45) is 50.2 Å². The third kappa shape index (κ3) is 4.49. The van der Waals surface area contributed by atoms with Crippen molar-refractivity contribution >= 4 is 18.2 Å². The quantitative estimate of drug-likeness (QED) is 0.165. The van der Waals surface area contributed by atoms with Crippen LogP contribution in [0, 0.1) is 50.2 Å². The van der Waals surface area contributed by atoms with E-state index >= 15 is 0 Å². The summed E-state index contributed by atoms with van der Waals surface area (Å²) in [6.07, 6.45) is 1.84. The molecular formula is C36H54O10. The largest absolute Gasteiger partial charge is 0.481 e. The molecular weight excluding hydrogens is 592 g/mol. The van der Waals surface area contributed by atoms with Crippen molar-refractivity contribution in [2.45, 2.75) is 143 Å². The lowest BCUT2D eigenvalue weighted by molar-refractivity contribution is -0.321. The highest BCUT2D eigenvalue weighted by molar-refractivity contribution is 5.76. The van der Waals surface area contributed by atoms with Crippen LogP contribution in [0.25, 0.3) is 0 Å². The fourth-order valence-corrected chi connectivity index (χ4v) is 12.0. The molecule has 10 heteroatoms. The van der Waals surface area contributed by atoms with E-state index in [1.807, 2.05) is 6.92 Å². The third-order valence-electron chi connectivity index (χ3n) is 15.1. The molecule has 6 rings (SSSR count). The Labute approximate surface area is 271 Å². The summed E-state index contributed by atoms with van der Waals surface area (Å²) in [6.45, 7) is 13.5. The van der Waals surface area contributed by atoms with Crippen LogP contribution in [0.4, 0.5) is 0 Å². The van der Waals surface area contributed by atoms with Gasteiger partial charge in [-0.05, 0) is 104 Å². The molecule has 14 atom stereocenters. The zero-order valence-corrected chi connectivity index (χ0v) is 28.2. The van der Waals surface area contributed by atoms with Crippen molar-refractivity contribution in [3.63, 3.8) is 0 Å². The van der Waals surface area contributed by atoms with Crippen molar-refractivity contribution in [1.82, 2.24) is 0 Å². The van der Waals surface area contributed by atoms with Crippen LogP contribution < -0.4 is 0 Å². The number of carboxylic acid groups (broad SMARTS) is 2. The molecule has 0 radical (unpaired) electrons. The van der Waals surface area contributed by atoms with Crippen LogP contribution in [0.5, 0.6) is 0 Å². The lowest BCUT2D eigenvalue weighted by atomic mass is 9.33. The molecule has 0 bridgehead atoms. The molecule has 8 unspecified atom stereocenters. The SMILES string of the molecule is CC1(C)CC[C@]2(C(=O)O)CC[C@]3(C)C(=CCC4[C@@]5(C)CC[C@H](OC6OC(C(=O)O)C(O)C(O)C6O)[C@@](C)(C=O)C5CC[C@]43C)C2C1. The number of aliphatic carboxylic acids is 2. The molecule has 5 N–H and O–H groups in total. The van der Waals surface area contributed by atoms with E-state index in [-0.39, 0.29) is 39.4 Å². The van der Waals surface area contributed by atoms with Gasteiger partial charge in [0.2, 0.25) is 0 Å². The topological polar surface area (TPSA) is 171 Å². The minimum Gasteiger partial charge on any atom is -0.481 e. The highest BCUT2D eigenvalue weighted by Gasteiger charge is 2.70. The van der Waals surface area contributed by atoms with E-state index in [0.29, 0.717) is 12.8 Å². The first-order valence-corrected chi connectivity index (χ1v) is 17.3. The van der Waals surface area contributed by atoms with Crippen molar-refractivity contribution in [2.75, 3.05) is 0 Å². The number of hydrogen-bond donors (Lipinski definition) is 5. The molecule has 6 aliphatic rings. The highest BCUT2D eigenvalue weighted by Crippen LogP contribution is 2.75. The van der Waals surface area contributed by atoms with E-state index in [1.54, 1.807) is 0 Å². The third-order valence-corrected chi connectivity index (χ3v) is 15.1. The number of carbonyl (C=O) groups is 3. The highest BCUT2D eigenvalue weighted by atomic mass is 16.7. The van der Waals surface area contributed by atoms with Gasteiger partial charge >= 0.3 is 11.9 Å². The maximum atomic E-state index is 13.1. The Hall–Kier alpha value is -1.85. The first-order chi connectivity index (χ1) is 21.3. The second-order valence-corrected chi connectivity index (χ2v) is 17.6. The summed E-state index contributed by atoms with van der Waals surface area (Å²) in [7, 11) is 0. The van der Waals surface area contributed by atoms with Crippen molar-refractivity contribution in [3.8, 4) is 0 Å². The first kappa shape index (κ1) is 34.0. The van der Waals surface area contributed by atoms with Crippen molar-refractivity contribution < 1.29 is 49.4 Å². The fraction of sp³-hybridized carbons (Fsp3) is 0.861. The number of ether oxygens (including phenoxy) is 2. The van der Waals surface area contributed by atoms with Gasteiger partial charge in [-0.25, -0.2) is 4.79 Å². The fourth-order valence-electron chi connectivity index (χ4n) is 12.0. The number of hydrogen-bond acceptors (Lipinski definition) is 8. The molecule has 0 aromatic carbocycles. The maximum Gasteiger partial charge on any atom is 0.335 e. The summed E-state index contributed by atoms with van der Waals surface area (Å²) in [5, 5.41) is 51.3. The number of rotatable bonds is 5. The standard InChI is InChI=1S/C36H54O10/c1-31(2)13-15-36(30(43)44)16-14-34(5)19(20(36)17-31)7-8-22-32(3)11-10-23(33(4,18-37)21(32)9-12-35(22,34)6)45-29-26(40)24(38)25(39)27(46-29)28(41)42/h7,18,20-27,29,38-40H,8-17H2,1-6H3,(H,41,42)(H,43,44)/t20?,21?,22?,23-,24?,25?,26?,27?,29?,32-,33-,34+,35+,36-/m0/s1. The molecule has 0 aromatic heterocycles. The number of aldehydes is 1. The molecule has 0 spiro atoms. The molecule has 10 nitrogen and oxygen atoms in total. The molecule has 258 valence electrons. The minimum absolute atomic E-state index is 0.0191. The van der Waals surface area contributed by atoms with Crippen LogP contribution in [0.1, 0.15) is 106 Å². The molecule has 5 fully saturated rings. The summed E-state index contributed by atoms with van der Waals surface area (Å²) in [6, 6.07) is 0. The smallest absolute Gasteiger partial charge is 0.335 e. The molecule has 0 amide bonds. The normalized spacial score (nSPS) is 53.0. The van der Waals surface area contributed by atoms with Crippen LogP contribution in [0.3, 0.4) is 0 Å². The number of allylic oxidation sites excluding steroid dienone is 2. The van der Waals surface area contributed by atoms with E-state index in [1.165, 1.54) is 5.57 Å². The van der Waals surface area contributed by atoms with Crippen molar-refractivity contribution in [3.05, 3.63) is 11.6 Å². The molecule has 1 saturated heterocycles. The predicted molar refractivity (Wildman–Crippen MR) is 166 cm³/mol. The molecule has 1 heterocycles. The van der Waals surface area contributed by atoms with Gasteiger partial charge in [0, 0.05) is 0 Å². The van der Waals surface area contributed by atoms with Gasteiger partial charge in [-0.2, -0.15) is 0 Å². The summed E-state index contributed by atoms with van der Waals surface area (Å²) in [5.41, 5.74) is -0.721. The van der Waals surface area contributed by atoms with E-state index < -0.39 is 59.6 Å². The summed E-state index contributed by atoms with van der Waals surface area (Å²) in [4.78, 5) is 37.7. The van der Waals surface area contributed by atoms with Crippen LogP contribution in [0.2, 0.25) is 0 Å². The van der Waals surface area contributed by atoms with E-state index in [0.717, 1.165) is 57.7 Å². The maximum absolute atomic E-state index is 13.1. The Morgan fingerprint density at radius 2 is 1.54 bits per heavy atom. The first-order valence-electron chi connectivity index (χ1n) is 17.3. The average molecular weight is 647 g/mol. The van der Waals surface area contributed by atoms with E-state index in [9.17, 15) is 39.9 Å². The lowest BCUT2D eigenvalue weighted by Crippen LogP contribution is -2.67. The van der Waals surface area contributed by atoms with Gasteiger partial charge in [0.1, 0.15) is 24.6 Å². The van der Waals surface area contributed by atoms with Gasteiger partial charge in [-0.3, -0.25) is 4.79 Å². The Bertz CT molecular complexity index is 1310. The number of fused-ring (bicyclic) bond motifs is 7. The number of carbonyl (C=O) groups excluding carboxylic acids is 1. The lowest BCUT2D eigenvalue weighted by Gasteiger charge is -2.71. The Kier molecular flexibility index (Phi) is 8.01. The van der Waals surface area contributed by atoms with Gasteiger partial charge in [0.15, 0.2) is 12.4 Å². The second kappa shape index (κ2) is 10.8. The molecule has 46 heavy (non-hydrogen) atoms. The van der Waals surface area contributed by atoms with Gasteiger partial charge in [-0.15, -0.1) is 0 Å².